The maximum atomic E-state index is 12.2. The summed E-state index contributed by atoms with van der Waals surface area (Å²) in [5.74, 6) is -0.123. The van der Waals surface area contributed by atoms with Crippen LogP contribution >= 0.6 is 10.5 Å². The fourth-order valence-electron chi connectivity index (χ4n) is 1.98. The molecule has 0 aliphatic carbocycles. The van der Waals surface area contributed by atoms with Gasteiger partial charge in [0.2, 0.25) is 0 Å². The molecule has 0 bridgehead atoms. The van der Waals surface area contributed by atoms with Gasteiger partial charge < -0.3 is 0 Å². The van der Waals surface area contributed by atoms with Gasteiger partial charge in [0.15, 0.2) is 0 Å². The zero-order valence-electron chi connectivity index (χ0n) is 12.1. The molecule has 2 aromatic rings. The number of hydrogen-bond acceptors (Lipinski definition) is 3. The van der Waals surface area contributed by atoms with Crippen molar-refractivity contribution in [2.24, 2.45) is 0 Å². The molecule has 1 aromatic carbocycles. The highest BCUT2D eigenvalue weighted by Crippen LogP contribution is 2.46. The molecule has 0 fully saturated rings. The molecule has 0 saturated heterocycles. The average Bonchev–Trinajstić information content (AvgIpc) is 2.96. The normalized spacial score (nSPS) is 12.2. The highest BCUT2D eigenvalue weighted by molar-refractivity contribution is 7.34. The molecule has 1 unspecified atom stereocenters. The Kier molecular flexibility index (Phi) is 4.49. The Morgan fingerprint density at radius 2 is 1.90 bits per heavy atom. The van der Waals surface area contributed by atoms with Gasteiger partial charge in [-0.05, 0) is 31.9 Å². The molecule has 0 spiro atoms. The minimum Gasteiger partial charge on any atom is -0.269 e. The Labute approximate surface area is 122 Å². The number of aromatic nitrogens is 2. The lowest BCUT2D eigenvalue weighted by atomic mass is 10.1. The standard InChI is InChI=1S/C15H19N3OS/c1-4-15(3,5-2)20-11-16-18-14(20)17-13(19)12-9-7-6-8-10-12/h6-11H,4-5H2,1-3H3/p+1. The van der Waals surface area contributed by atoms with Gasteiger partial charge in [0, 0.05) is 16.0 Å². The van der Waals surface area contributed by atoms with Crippen molar-refractivity contribution in [1.29, 1.82) is 0 Å². The van der Waals surface area contributed by atoms with Gasteiger partial charge in [-0.1, -0.05) is 42.2 Å². The van der Waals surface area contributed by atoms with Crippen LogP contribution in [0.2, 0.25) is 0 Å². The smallest absolute Gasteiger partial charge is 0.269 e. The summed E-state index contributed by atoms with van der Waals surface area (Å²) in [6, 6.07) is 9.18. The second kappa shape index (κ2) is 6.13. The molecular formula is C15H20N3OS+. The molecule has 20 heavy (non-hydrogen) atoms. The number of amides is 1. The minimum absolute atomic E-state index is 0.100. The maximum absolute atomic E-state index is 12.2. The van der Waals surface area contributed by atoms with Crippen molar-refractivity contribution in [3.8, 4) is 0 Å². The van der Waals surface area contributed by atoms with Gasteiger partial charge in [0.25, 0.3) is 11.4 Å². The summed E-state index contributed by atoms with van der Waals surface area (Å²) in [7, 11) is -0.236. The zero-order chi connectivity index (χ0) is 14.6. The summed E-state index contributed by atoms with van der Waals surface area (Å²) in [4.78, 5) is 12.2. The van der Waals surface area contributed by atoms with E-state index in [0.29, 0.717) is 10.7 Å². The Hall–Kier alpha value is -1.75. The predicted molar refractivity (Wildman–Crippen MR) is 83.1 cm³/mol. The molecule has 1 N–H and O–H groups in total. The van der Waals surface area contributed by atoms with Crippen LogP contribution < -0.4 is 5.32 Å². The second-order valence-electron chi connectivity index (χ2n) is 4.94. The van der Waals surface area contributed by atoms with E-state index in [1.807, 2.05) is 23.7 Å². The van der Waals surface area contributed by atoms with Crippen LogP contribution in [0, 0.1) is 0 Å². The van der Waals surface area contributed by atoms with E-state index in [2.05, 4.69) is 36.3 Å². The molecule has 4 nitrogen and oxygen atoms in total. The number of anilines is 1. The van der Waals surface area contributed by atoms with Crippen molar-refractivity contribution in [2.75, 3.05) is 5.32 Å². The molecule has 5 heteroatoms. The molecule has 0 aliphatic rings. The van der Waals surface area contributed by atoms with E-state index in [9.17, 15) is 4.79 Å². The Morgan fingerprint density at radius 1 is 1.25 bits per heavy atom. The van der Waals surface area contributed by atoms with Crippen molar-refractivity contribution in [3.05, 3.63) is 41.4 Å². The fourth-order valence-corrected chi connectivity index (χ4v) is 3.90. The number of hydrogen-bond donors (Lipinski definition) is 1. The first-order chi connectivity index (χ1) is 9.60. The number of nitrogens with one attached hydrogen (secondary N) is 1. The van der Waals surface area contributed by atoms with Crippen molar-refractivity contribution < 1.29 is 4.79 Å². The summed E-state index contributed by atoms with van der Waals surface area (Å²) in [6.07, 6.45) is 2.05. The van der Waals surface area contributed by atoms with Crippen LogP contribution in [-0.2, 0) is 4.75 Å². The Balaban J connectivity index is 2.24. The van der Waals surface area contributed by atoms with Gasteiger partial charge in [-0.3, -0.25) is 10.1 Å². The largest absolute Gasteiger partial charge is 0.367 e. The Morgan fingerprint density at radius 3 is 2.50 bits per heavy atom. The van der Waals surface area contributed by atoms with Crippen LogP contribution in [0.5, 0.6) is 0 Å². The average molecular weight is 290 g/mol. The van der Waals surface area contributed by atoms with Gasteiger partial charge in [-0.2, -0.15) is 0 Å². The first kappa shape index (κ1) is 14.7. The summed E-state index contributed by atoms with van der Waals surface area (Å²) >= 11 is 0. The monoisotopic (exact) mass is 290 g/mol. The molecule has 0 saturated carbocycles. The van der Waals surface area contributed by atoms with Gasteiger partial charge in [-0.25, -0.2) is 0 Å². The highest BCUT2D eigenvalue weighted by Gasteiger charge is 2.37. The van der Waals surface area contributed by atoms with Gasteiger partial charge in [0.05, 0.1) is 0 Å². The van der Waals surface area contributed by atoms with Gasteiger partial charge in [0.1, 0.15) is 4.75 Å². The van der Waals surface area contributed by atoms with Gasteiger partial charge in [-0.15, -0.1) is 0 Å². The van der Waals surface area contributed by atoms with E-state index in [0.717, 1.165) is 12.8 Å². The molecule has 106 valence electrons. The SMILES string of the molecule is CCC(C)(CC)[s+]1cnnc1NC(=O)c1ccccc1. The second-order valence-corrected chi connectivity index (χ2v) is 7.20. The van der Waals surface area contributed by atoms with Crippen LogP contribution in [0.1, 0.15) is 44.0 Å². The van der Waals surface area contributed by atoms with Crippen molar-refractivity contribution in [3.63, 3.8) is 0 Å². The number of benzene rings is 1. The molecular weight excluding hydrogens is 270 g/mol. The number of rotatable bonds is 5. The van der Waals surface area contributed by atoms with E-state index in [1.165, 1.54) is 0 Å². The van der Waals surface area contributed by atoms with Crippen LogP contribution in [0.25, 0.3) is 0 Å². The first-order valence-electron chi connectivity index (χ1n) is 6.81. The quantitative estimate of drug-likeness (QED) is 0.846. The third-order valence-electron chi connectivity index (χ3n) is 3.79. The predicted octanol–water partition coefficient (Wildman–Crippen LogP) is 4.01. The van der Waals surface area contributed by atoms with E-state index in [4.69, 9.17) is 0 Å². The van der Waals surface area contributed by atoms with Gasteiger partial charge >= 0.3 is 5.13 Å². The molecule has 0 radical (unpaired) electrons. The van der Waals surface area contributed by atoms with Crippen LogP contribution in [0.15, 0.2) is 35.8 Å². The highest BCUT2D eigenvalue weighted by atomic mass is 32.2. The molecule has 1 heterocycles. The number of carbonyl (C=O) groups excluding carboxylic acids is 1. The lowest BCUT2D eigenvalue weighted by Gasteiger charge is -2.17. The molecule has 1 amide bonds. The number of carbonyl (C=O) groups is 1. The topological polar surface area (TPSA) is 54.9 Å². The lowest BCUT2D eigenvalue weighted by Crippen LogP contribution is -2.17. The molecule has 1 aromatic heterocycles. The Bertz CT molecular complexity index is 576. The first-order valence-corrected chi connectivity index (χ1v) is 8.10. The maximum Gasteiger partial charge on any atom is 0.367 e. The molecule has 2 rings (SSSR count). The van der Waals surface area contributed by atoms with E-state index < -0.39 is 0 Å². The third-order valence-corrected chi connectivity index (χ3v) is 6.34. The van der Waals surface area contributed by atoms with E-state index in [-0.39, 0.29) is 21.1 Å². The van der Waals surface area contributed by atoms with E-state index >= 15 is 0 Å². The van der Waals surface area contributed by atoms with Crippen molar-refractivity contribution in [2.45, 2.75) is 38.4 Å². The molecule has 0 aliphatic heterocycles. The lowest BCUT2D eigenvalue weighted by molar-refractivity contribution is 0.102. The number of nitrogens with zero attached hydrogens (tertiary/aromatic N) is 2. The minimum atomic E-state index is -0.236. The van der Waals surface area contributed by atoms with E-state index in [1.54, 1.807) is 12.1 Å². The summed E-state index contributed by atoms with van der Waals surface area (Å²) in [5.41, 5.74) is 2.51. The summed E-state index contributed by atoms with van der Waals surface area (Å²) in [6.45, 7) is 6.55. The zero-order valence-corrected chi connectivity index (χ0v) is 12.9. The summed E-state index contributed by atoms with van der Waals surface area (Å²) < 4.78 is 0.100. The van der Waals surface area contributed by atoms with Crippen molar-refractivity contribution in [1.82, 2.24) is 10.2 Å². The van der Waals surface area contributed by atoms with Crippen LogP contribution in [-0.4, -0.2) is 16.1 Å². The third kappa shape index (κ3) is 2.88. The van der Waals surface area contributed by atoms with Crippen molar-refractivity contribution >= 4 is 21.5 Å². The summed E-state index contributed by atoms with van der Waals surface area (Å²) in [5, 5.41) is 11.7. The molecule has 1 atom stereocenters. The van der Waals surface area contributed by atoms with Crippen LogP contribution in [0.3, 0.4) is 0 Å². The van der Waals surface area contributed by atoms with Crippen LogP contribution in [0.4, 0.5) is 5.13 Å². The fraction of sp³-hybridized carbons (Fsp3) is 0.400.